The molecule has 1 atom stereocenters. The summed E-state index contributed by atoms with van der Waals surface area (Å²) in [5, 5.41) is 20.6. The number of thioether (sulfide) groups is 1. The van der Waals surface area contributed by atoms with Crippen LogP contribution in [-0.2, 0) is 4.79 Å². The molecular weight excluding hydrogens is 396 g/mol. The van der Waals surface area contributed by atoms with Gasteiger partial charge < -0.3 is 5.32 Å². The highest BCUT2D eigenvalue weighted by molar-refractivity contribution is 7.99. The Labute approximate surface area is 172 Å². The van der Waals surface area contributed by atoms with Crippen molar-refractivity contribution >= 4 is 40.3 Å². The molecule has 0 saturated carbocycles. The first-order valence-corrected chi connectivity index (χ1v) is 10.4. The predicted molar refractivity (Wildman–Crippen MR) is 112 cm³/mol. The van der Waals surface area contributed by atoms with E-state index in [4.69, 9.17) is 17.0 Å². The van der Waals surface area contributed by atoms with E-state index in [1.54, 1.807) is 4.57 Å². The Kier molecular flexibility index (Phi) is 6.10. The second-order valence-electron chi connectivity index (χ2n) is 6.68. The quantitative estimate of drug-likeness (QED) is 0.421. The van der Waals surface area contributed by atoms with Gasteiger partial charge in [-0.1, -0.05) is 36.4 Å². The van der Waals surface area contributed by atoms with Gasteiger partial charge >= 0.3 is 0 Å². The van der Waals surface area contributed by atoms with Gasteiger partial charge in [0.05, 0.1) is 16.8 Å². The molecule has 1 aromatic carbocycles. The number of amides is 1. The number of halogens is 1. The number of aryl methyl sites for hydroxylation is 1. The summed E-state index contributed by atoms with van der Waals surface area (Å²) in [6.45, 7) is 7.75. The maximum atomic E-state index is 12.2. The zero-order valence-electron chi connectivity index (χ0n) is 16.3. The highest BCUT2D eigenvalue weighted by atomic mass is 35.5. The fourth-order valence-electron chi connectivity index (χ4n) is 2.84. The monoisotopic (exact) mass is 418 g/mol. The number of nitrogens with zero attached hydrogens (tertiary/aromatic N) is 3. The first kappa shape index (κ1) is 20.4. The van der Waals surface area contributed by atoms with Crippen molar-refractivity contribution in [3.63, 3.8) is 0 Å². The topological polar surface area (TPSA) is 99.5 Å². The van der Waals surface area contributed by atoms with Crippen molar-refractivity contribution in [3.05, 3.63) is 40.0 Å². The van der Waals surface area contributed by atoms with Gasteiger partial charge in [0.2, 0.25) is 5.91 Å². The molecule has 0 aliphatic carbocycles. The summed E-state index contributed by atoms with van der Waals surface area (Å²) in [6.07, 6.45) is 0.867. The SMILES string of the molecule is CC[C@H](C)NC(=O)CSc1nc2n[nH]c(C)c2c(=N)n1-c1cccc(Cl)c1C. The van der Waals surface area contributed by atoms with Crippen molar-refractivity contribution in [2.75, 3.05) is 5.75 Å². The van der Waals surface area contributed by atoms with Crippen LogP contribution in [0.15, 0.2) is 23.4 Å². The van der Waals surface area contributed by atoms with Crippen LogP contribution in [0.3, 0.4) is 0 Å². The Morgan fingerprint density at radius 1 is 1.43 bits per heavy atom. The molecule has 3 aromatic rings. The van der Waals surface area contributed by atoms with Crippen molar-refractivity contribution in [2.24, 2.45) is 0 Å². The van der Waals surface area contributed by atoms with Gasteiger partial charge in [0, 0.05) is 16.8 Å². The molecule has 1 amide bonds. The second-order valence-corrected chi connectivity index (χ2v) is 8.02. The minimum Gasteiger partial charge on any atom is -0.353 e. The fourth-order valence-corrected chi connectivity index (χ4v) is 3.82. The number of benzene rings is 1. The summed E-state index contributed by atoms with van der Waals surface area (Å²) < 4.78 is 1.73. The summed E-state index contributed by atoms with van der Waals surface area (Å²) >= 11 is 7.59. The zero-order valence-corrected chi connectivity index (χ0v) is 17.8. The fraction of sp³-hybridized carbons (Fsp3) is 0.368. The highest BCUT2D eigenvalue weighted by Crippen LogP contribution is 2.26. The van der Waals surface area contributed by atoms with Gasteiger partial charge in [-0.05, 0) is 44.9 Å². The zero-order chi connectivity index (χ0) is 20.4. The molecule has 0 radical (unpaired) electrons. The summed E-state index contributed by atoms with van der Waals surface area (Å²) in [5.41, 5.74) is 3.09. The van der Waals surface area contributed by atoms with Crippen LogP contribution in [0.1, 0.15) is 31.5 Å². The van der Waals surface area contributed by atoms with Crippen LogP contribution in [0.25, 0.3) is 16.7 Å². The largest absolute Gasteiger partial charge is 0.353 e. The minimum absolute atomic E-state index is 0.0691. The molecule has 7 nitrogen and oxygen atoms in total. The van der Waals surface area contributed by atoms with Gasteiger partial charge in [-0.2, -0.15) is 5.10 Å². The Bertz CT molecular complexity index is 1090. The van der Waals surface area contributed by atoms with Gasteiger partial charge in [0.15, 0.2) is 10.8 Å². The second kappa shape index (κ2) is 8.36. The van der Waals surface area contributed by atoms with Crippen LogP contribution < -0.4 is 10.8 Å². The van der Waals surface area contributed by atoms with Crippen molar-refractivity contribution in [1.82, 2.24) is 25.1 Å². The van der Waals surface area contributed by atoms with E-state index in [1.165, 1.54) is 11.8 Å². The van der Waals surface area contributed by atoms with Crippen molar-refractivity contribution < 1.29 is 4.79 Å². The minimum atomic E-state index is -0.0691. The Balaban J connectivity index is 2.09. The standard InChI is InChI=1S/C19H23ClN6OS/c1-5-10(2)22-15(27)9-28-19-23-18-16(12(4)24-25-18)17(21)26(19)14-8-6-7-13(20)11(14)3/h6-8,10,21H,5,9H2,1-4H3,(H,22,27)(H,24,25)/t10-/m0/s1. The molecule has 0 fully saturated rings. The molecular formula is C19H23ClN6OS. The molecule has 0 aliphatic heterocycles. The lowest BCUT2D eigenvalue weighted by Crippen LogP contribution is -2.33. The Morgan fingerprint density at radius 3 is 2.89 bits per heavy atom. The third kappa shape index (κ3) is 3.93. The predicted octanol–water partition coefficient (Wildman–Crippen LogP) is 3.51. The summed E-state index contributed by atoms with van der Waals surface area (Å²) in [5.74, 6) is 0.131. The number of nitrogens with one attached hydrogen (secondary N) is 3. The van der Waals surface area contributed by atoms with E-state index in [9.17, 15) is 4.79 Å². The van der Waals surface area contributed by atoms with E-state index >= 15 is 0 Å². The maximum absolute atomic E-state index is 12.2. The van der Waals surface area contributed by atoms with Crippen molar-refractivity contribution in [3.8, 4) is 5.69 Å². The normalized spacial score (nSPS) is 12.3. The molecule has 28 heavy (non-hydrogen) atoms. The summed E-state index contributed by atoms with van der Waals surface area (Å²) in [7, 11) is 0. The smallest absolute Gasteiger partial charge is 0.230 e. The van der Waals surface area contributed by atoms with E-state index in [2.05, 4.69) is 20.5 Å². The lowest BCUT2D eigenvalue weighted by Gasteiger charge is -2.16. The van der Waals surface area contributed by atoms with Gasteiger partial charge in [0.1, 0.15) is 5.49 Å². The van der Waals surface area contributed by atoms with Crippen molar-refractivity contribution in [1.29, 1.82) is 5.41 Å². The lowest BCUT2D eigenvalue weighted by molar-refractivity contribution is -0.119. The number of carbonyl (C=O) groups is 1. The average Bonchev–Trinajstić information content (AvgIpc) is 3.04. The number of H-pyrrole nitrogens is 1. The van der Waals surface area contributed by atoms with E-state index in [0.717, 1.165) is 23.4 Å². The molecule has 0 saturated heterocycles. The van der Waals surface area contributed by atoms with Crippen LogP contribution in [0.4, 0.5) is 0 Å². The summed E-state index contributed by atoms with van der Waals surface area (Å²) in [6, 6.07) is 5.66. The molecule has 0 bridgehead atoms. The van der Waals surface area contributed by atoms with Crippen LogP contribution in [-0.4, -0.2) is 37.5 Å². The molecule has 3 rings (SSSR count). The van der Waals surface area contributed by atoms with Gasteiger partial charge in [0.25, 0.3) is 0 Å². The third-order valence-electron chi connectivity index (χ3n) is 4.61. The first-order valence-electron chi connectivity index (χ1n) is 9.03. The molecule has 0 aliphatic rings. The van der Waals surface area contributed by atoms with E-state index < -0.39 is 0 Å². The van der Waals surface area contributed by atoms with Crippen LogP contribution in [0.2, 0.25) is 5.02 Å². The summed E-state index contributed by atoms with van der Waals surface area (Å²) in [4.78, 5) is 16.9. The van der Waals surface area contributed by atoms with Gasteiger partial charge in [-0.15, -0.1) is 0 Å². The third-order valence-corrected chi connectivity index (χ3v) is 5.96. The van der Waals surface area contributed by atoms with E-state index in [0.29, 0.717) is 21.2 Å². The maximum Gasteiger partial charge on any atom is 0.230 e. The van der Waals surface area contributed by atoms with Gasteiger partial charge in [-0.25, -0.2) is 4.98 Å². The molecule has 0 spiro atoms. The van der Waals surface area contributed by atoms with Crippen LogP contribution >= 0.6 is 23.4 Å². The first-order chi connectivity index (χ1) is 13.3. The number of aromatic amines is 1. The van der Waals surface area contributed by atoms with Gasteiger partial charge in [-0.3, -0.25) is 19.9 Å². The molecule has 0 unspecified atom stereocenters. The van der Waals surface area contributed by atoms with E-state index in [1.807, 2.05) is 45.9 Å². The number of carbonyl (C=O) groups excluding carboxylic acids is 1. The number of fused-ring (bicyclic) bond motifs is 1. The van der Waals surface area contributed by atoms with Crippen LogP contribution in [0.5, 0.6) is 0 Å². The number of hydrogen-bond acceptors (Lipinski definition) is 5. The molecule has 2 aromatic heterocycles. The molecule has 148 valence electrons. The number of hydrogen-bond donors (Lipinski definition) is 3. The lowest BCUT2D eigenvalue weighted by atomic mass is 10.2. The Hall–Kier alpha value is -2.32. The molecule has 3 N–H and O–H groups in total. The molecule has 2 heterocycles. The van der Waals surface area contributed by atoms with Crippen molar-refractivity contribution in [2.45, 2.75) is 45.3 Å². The average molecular weight is 419 g/mol. The number of rotatable bonds is 6. The Morgan fingerprint density at radius 2 is 2.18 bits per heavy atom. The number of aromatic nitrogens is 4. The molecule has 9 heteroatoms. The highest BCUT2D eigenvalue weighted by Gasteiger charge is 2.18. The van der Waals surface area contributed by atoms with Crippen LogP contribution in [0, 0.1) is 19.3 Å². The van der Waals surface area contributed by atoms with E-state index in [-0.39, 0.29) is 23.2 Å².